The molecule has 0 N–H and O–H groups in total. The zero-order chi connectivity index (χ0) is 17.3. The molecule has 0 radical (unpaired) electrons. The van der Waals surface area contributed by atoms with Gasteiger partial charge in [-0.05, 0) is 18.6 Å². The molecule has 1 fully saturated rings. The lowest BCUT2D eigenvalue weighted by Crippen LogP contribution is -2.36. The number of hydrogen-bond donors (Lipinski definition) is 0. The molecule has 0 aliphatic carbocycles. The summed E-state index contributed by atoms with van der Waals surface area (Å²) in [7, 11) is 3.61. The third-order valence-electron chi connectivity index (χ3n) is 4.20. The smallest absolute Gasteiger partial charge is 0.340 e. The number of likely N-dealkylation sites (tertiary alicyclic amines) is 1. The second-order valence-corrected chi connectivity index (χ2v) is 6.01. The van der Waals surface area contributed by atoms with Gasteiger partial charge < -0.3 is 4.90 Å². The molecule has 130 valence electrons. The van der Waals surface area contributed by atoms with E-state index < -0.39 is 11.9 Å². The van der Waals surface area contributed by atoms with Crippen molar-refractivity contribution in [1.82, 2.24) is 24.6 Å². The maximum Gasteiger partial charge on any atom is 0.433 e. The Morgan fingerprint density at radius 3 is 2.79 bits per heavy atom. The number of halogens is 3. The van der Waals surface area contributed by atoms with Gasteiger partial charge in [0.15, 0.2) is 0 Å². The van der Waals surface area contributed by atoms with E-state index in [2.05, 4.69) is 20.0 Å². The molecular formula is C15H19F3N6. The lowest BCUT2D eigenvalue weighted by Gasteiger charge is -2.25. The number of aryl methyl sites for hydroxylation is 1. The third kappa shape index (κ3) is 3.66. The molecular weight excluding hydrogens is 321 g/mol. The van der Waals surface area contributed by atoms with Crippen LogP contribution in [0.3, 0.4) is 0 Å². The predicted molar refractivity (Wildman–Crippen MR) is 82.3 cm³/mol. The monoisotopic (exact) mass is 340 g/mol. The fourth-order valence-corrected chi connectivity index (χ4v) is 2.89. The van der Waals surface area contributed by atoms with E-state index >= 15 is 0 Å². The van der Waals surface area contributed by atoms with Crippen molar-refractivity contribution >= 4 is 5.95 Å². The highest BCUT2D eigenvalue weighted by atomic mass is 19.4. The quantitative estimate of drug-likeness (QED) is 0.851. The standard InChI is InChI=1S/C15H19F3N6/c1-22-7-4-11(21-22)9-24-8-5-12(10-24)23(2)14-19-6-3-13(20-14)15(16,17)18/h3-4,6-7,12H,5,8-10H2,1-2H3. The molecule has 1 aliphatic rings. The summed E-state index contributed by atoms with van der Waals surface area (Å²) in [5.74, 6) is 0.106. The summed E-state index contributed by atoms with van der Waals surface area (Å²) in [4.78, 5) is 11.6. The third-order valence-corrected chi connectivity index (χ3v) is 4.20. The maximum atomic E-state index is 12.8. The summed E-state index contributed by atoms with van der Waals surface area (Å²) >= 11 is 0. The molecule has 1 unspecified atom stereocenters. The molecule has 6 nitrogen and oxygen atoms in total. The van der Waals surface area contributed by atoms with Gasteiger partial charge in [0, 0.05) is 52.2 Å². The summed E-state index contributed by atoms with van der Waals surface area (Å²) < 4.78 is 40.1. The van der Waals surface area contributed by atoms with Crippen molar-refractivity contribution < 1.29 is 13.2 Å². The van der Waals surface area contributed by atoms with Crippen LogP contribution >= 0.6 is 0 Å². The molecule has 0 saturated carbocycles. The molecule has 2 aromatic heterocycles. The summed E-state index contributed by atoms with van der Waals surface area (Å²) in [5.41, 5.74) is 0.0683. The van der Waals surface area contributed by atoms with E-state index in [0.29, 0.717) is 0 Å². The Morgan fingerprint density at radius 1 is 1.33 bits per heavy atom. The molecule has 2 aromatic rings. The van der Waals surface area contributed by atoms with Crippen molar-refractivity contribution in [1.29, 1.82) is 0 Å². The Balaban J connectivity index is 1.65. The minimum Gasteiger partial charge on any atom is -0.340 e. The fourth-order valence-electron chi connectivity index (χ4n) is 2.89. The van der Waals surface area contributed by atoms with Crippen LogP contribution in [0, 0.1) is 0 Å². The number of likely N-dealkylation sites (N-methyl/N-ethyl adjacent to an activating group) is 1. The lowest BCUT2D eigenvalue weighted by atomic mass is 10.2. The topological polar surface area (TPSA) is 50.1 Å². The van der Waals surface area contributed by atoms with Gasteiger partial charge in [-0.2, -0.15) is 18.3 Å². The van der Waals surface area contributed by atoms with Crippen LogP contribution < -0.4 is 4.90 Å². The van der Waals surface area contributed by atoms with Gasteiger partial charge in [0.2, 0.25) is 5.95 Å². The second-order valence-electron chi connectivity index (χ2n) is 6.01. The van der Waals surface area contributed by atoms with Crippen molar-refractivity contribution in [2.75, 3.05) is 25.0 Å². The predicted octanol–water partition coefficient (Wildman–Crippen LogP) is 1.94. The zero-order valence-electron chi connectivity index (χ0n) is 13.5. The summed E-state index contributed by atoms with van der Waals surface area (Å²) in [6, 6.07) is 2.93. The number of aromatic nitrogens is 4. The normalized spacial score (nSPS) is 19.0. The minimum atomic E-state index is -4.46. The van der Waals surface area contributed by atoms with Gasteiger partial charge in [-0.3, -0.25) is 9.58 Å². The Hall–Kier alpha value is -2.16. The average molecular weight is 340 g/mol. The minimum absolute atomic E-state index is 0.0807. The van der Waals surface area contributed by atoms with Crippen LogP contribution in [0.2, 0.25) is 0 Å². The van der Waals surface area contributed by atoms with Crippen LogP contribution in [0.5, 0.6) is 0 Å². The summed E-state index contributed by atoms with van der Waals surface area (Å²) in [6.07, 6.45) is -0.560. The van der Waals surface area contributed by atoms with E-state index in [-0.39, 0.29) is 12.0 Å². The van der Waals surface area contributed by atoms with Gasteiger partial charge in [-0.15, -0.1) is 0 Å². The second kappa shape index (κ2) is 6.39. The molecule has 0 bridgehead atoms. The lowest BCUT2D eigenvalue weighted by molar-refractivity contribution is -0.141. The van der Waals surface area contributed by atoms with E-state index in [0.717, 1.165) is 44.0 Å². The Morgan fingerprint density at radius 2 is 2.12 bits per heavy atom. The average Bonchev–Trinajstić information content (AvgIpc) is 3.15. The highest BCUT2D eigenvalue weighted by molar-refractivity contribution is 5.32. The van der Waals surface area contributed by atoms with E-state index in [9.17, 15) is 13.2 Å². The summed E-state index contributed by atoms with van der Waals surface area (Å²) in [5, 5.41) is 4.35. The molecule has 9 heteroatoms. The number of nitrogens with zero attached hydrogens (tertiary/aromatic N) is 6. The van der Waals surface area contributed by atoms with Crippen molar-refractivity contribution in [2.24, 2.45) is 7.05 Å². The van der Waals surface area contributed by atoms with Crippen molar-refractivity contribution in [3.63, 3.8) is 0 Å². The number of alkyl halides is 3. The highest BCUT2D eigenvalue weighted by Crippen LogP contribution is 2.28. The van der Waals surface area contributed by atoms with Crippen molar-refractivity contribution in [2.45, 2.75) is 25.2 Å². The van der Waals surface area contributed by atoms with Gasteiger partial charge in [0.05, 0.1) is 5.69 Å². The first-order valence-corrected chi connectivity index (χ1v) is 7.67. The van der Waals surface area contributed by atoms with Crippen LogP contribution in [0.4, 0.5) is 19.1 Å². The molecule has 1 atom stereocenters. The van der Waals surface area contributed by atoms with Crippen LogP contribution in [0.1, 0.15) is 17.8 Å². The SMILES string of the molecule is CN(c1nccc(C(F)(F)F)n1)C1CCN(Cc2ccn(C)n2)C1. The van der Waals surface area contributed by atoms with Gasteiger partial charge in [-0.1, -0.05) is 0 Å². The van der Waals surface area contributed by atoms with Crippen LogP contribution in [-0.2, 0) is 19.8 Å². The number of hydrogen-bond acceptors (Lipinski definition) is 5. The van der Waals surface area contributed by atoms with Gasteiger partial charge in [0.25, 0.3) is 0 Å². The molecule has 1 saturated heterocycles. The van der Waals surface area contributed by atoms with Gasteiger partial charge in [-0.25, -0.2) is 9.97 Å². The maximum absolute atomic E-state index is 12.8. The van der Waals surface area contributed by atoms with E-state index in [4.69, 9.17) is 0 Å². The van der Waals surface area contributed by atoms with E-state index in [1.54, 1.807) is 16.6 Å². The van der Waals surface area contributed by atoms with E-state index in [1.807, 2.05) is 19.3 Å². The molecule has 0 spiro atoms. The first-order chi connectivity index (χ1) is 11.3. The summed E-state index contributed by atoms with van der Waals surface area (Å²) in [6.45, 7) is 2.34. The number of anilines is 1. The zero-order valence-corrected chi connectivity index (χ0v) is 13.5. The fraction of sp³-hybridized carbons (Fsp3) is 0.533. The van der Waals surface area contributed by atoms with Gasteiger partial charge in [0.1, 0.15) is 5.69 Å². The van der Waals surface area contributed by atoms with Gasteiger partial charge >= 0.3 is 6.18 Å². The Labute approximate surface area is 137 Å². The number of rotatable bonds is 4. The molecule has 1 aliphatic heterocycles. The highest BCUT2D eigenvalue weighted by Gasteiger charge is 2.34. The molecule has 0 aromatic carbocycles. The molecule has 3 heterocycles. The van der Waals surface area contributed by atoms with Crippen LogP contribution in [0.25, 0.3) is 0 Å². The largest absolute Gasteiger partial charge is 0.433 e. The molecule has 0 amide bonds. The molecule has 3 rings (SSSR count). The molecule has 24 heavy (non-hydrogen) atoms. The first-order valence-electron chi connectivity index (χ1n) is 7.67. The van der Waals surface area contributed by atoms with Crippen molar-refractivity contribution in [3.8, 4) is 0 Å². The van der Waals surface area contributed by atoms with Crippen molar-refractivity contribution in [3.05, 3.63) is 35.9 Å². The van der Waals surface area contributed by atoms with Crippen LogP contribution in [0.15, 0.2) is 24.5 Å². The Bertz CT molecular complexity index is 699. The van der Waals surface area contributed by atoms with Crippen LogP contribution in [-0.4, -0.2) is 50.8 Å². The van der Waals surface area contributed by atoms with E-state index in [1.165, 1.54) is 0 Å². The Kier molecular flexibility index (Phi) is 4.44. The first kappa shape index (κ1) is 16.7.